The summed E-state index contributed by atoms with van der Waals surface area (Å²) in [5.74, 6) is 0.513. The maximum absolute atomic E-state index is 10.8. The van der Waals surface area contributed by atoms with Gasteiger partial charge in [-0.15, -0.1) is 0 Å². The van der Waals surface area contributed by atoms with Crippen LogP contribution in [-0.2, 0) is 11.2 Å². The van der Waals surface area contributed by atoms with Crippen LogP contribution < -0.4 is 5.73 Å². The Balaban J connectivity index is 2.60. The van der Waals surface area contributed by atoms with Crippen LogP contribution in [0.4, 0.5) is 5.69 Å². The first-order valence-electron chi connectivity index (χ1n) is 6.19. The lowest BCUT2D eigenvalue weighted by atomic mass is 9.98. The van der Waals surface area contributed by atoms with Gasteiger partial charge in [-0.25, -0.2) is 0 Å². The van der Waals surface area contributed by atoms with Crippen molar-refractivity contribution in [2.45, 2.75) is 27.2 Å². The van der Waals surface area contributed by atoms with Gasteiger partial charge in [0.05, 0.1) is 0 Å². The Kier molecular flexibility index (Phi) is 5.37. The zero-order valence-electron chi connectivity index (χ0n) is 11.3. The van der Waals surface area contributed by atoms with E-state index in [1.54, 1.807) is 13.0 Å². The van der Waals surface area contributed by atoms with Crippen molar-refractivity contribution in [3.8, 4) is 0 Å². The van der Waals surface area contributed by atoms with Crippen LogP contribution in [0.25, 0.3) is 0 Å². The summed E-state index contributed by atoms with van der Waals surface area (Å²) in [5, 5.41) is 0. The fourth-order valence-corrected chi connectivity index (χ4v) is 1.84. The minimum atomic E-state index is 0.0777. The fourth-order valence-electron chi connectivity index (χ4n) is 1.84. The van der Waals surface area contributed by atoms with Gasteiger partial charge in [0.1, 0.15) is 0 Å². The van der Waals surface area contributed by atoms with Gasteiger partial charge < -0.3 is 5.73 Å². The number of carbonyl (C=O) groups excluding carboxylic acids is 1. The quantitative estimate of drug-likeness (QED) is 0.488. The lowest BCUT2D eigenvalue weighted by Gasteiger charge is -2.07. The van der Waals surface area contributed by atoms with E-state index in [4.69, 9.17) is 5.73 Å². The Morgan fingerprint density at radius 3 is 2.39 bits per heavy atom. The van der Waals surface area contributed by atoms with Crippen LogP contribution in [0, 0.1) is 5.92 Å². The molecule has 1 atom stereocenters. The predicted octanol–water partition coefficient (Wildman–Crippen LogP) is 3.54. The largest absolute Gasteiger partial charge is 0.399 e. The van der Waals surface area contributed by atoms with Crippen molar-refractivity contribution in [1.82, 2.24) is 0 Å². The molecule has 0 aromatic heterocycles. The van der Waals surface area contributed by atoms with Gasteiger partial charge in [0.25, 0.3) is 0 Å². The fraction of sp³-hybridized carbons (Fsp3) is 0.312. The molecule has 0 aliphatic heterocycles. The molecule has 0 amide bonds. The molecule has 0 saturated carbocycles. The smallest absolute Gasteiger partial charge is 0.152 e. The minimum Gasteiger partial charge on any atom is -0.399 e. The highest BCUT2D eigenvalue weighted by atomic mass is 16.1. The third-order valence-corrected chi connectivity index (χ3v) is 2.67. The molecule has 0 radical (unpaired) electrons. The average Bonchev–Trinajstić information content (AvgIpc) is 2.29. The van der Waals surface area contributed by atoms with Gasteiger partial charge in [0, 0.05) is 5.69 Å². The second kappa shape index (κ2) is 6.80. The monoisotopic (exact) mass is 243 g/mol. The Morgan fingerprint density at radius 1 is 1.22 bits per heavy atom. The summed E-state index contributed by atoms with van der Waals surface area (Å²) in [6, 6.07) is 7.96. The van der Waals surface area contributed by atoms with E-state index in [1.165, 1.54) is 5.56 Å². The van der Waals surface area contributed by atoms with Crippen molar-refractivity contribution in [3.05, 3.63) is 53.6 Å². The lowest BCUT2D eigenvalue weighted by molar-refractivity contribution is -0.112. The summed E-state index contributed by atoms with van der Waals surface area (Å²) in [4.78, 5) is 10.8. The zero-order chi connectivity index (χ0) is 13.5. The molecule has 0 spiro atoms. The average molecular weight is 243 g/mol. The van der Waals surface area contributed by atoms with Crippen LogP contribution in [0.1, 0.15) is 26.3 Å². The molecule has 0 bridgehead atoms. The molecule has 0 fully saturated rings. The van der Waals surface area contributed by atoms with Gasteiger partial charge in [0.2, 0.25) is 0 Å². The molecule has 0 aliphatic carbocycles. The van der Waals surface area contributed by atoms with E-state index in [0.29, 0.717) is 5.92 Å². The molecule has 1 unspecified atom stereocenters. The Hall–Kier alpha value is -1.83. The molecular weight excluding hydrogens is 222 g/mol. The molecule has 2 nitrogen and oxygen atoms in total. The molecule has 0 aliphatic rings. The highest BCUT2D eigenvalue weighted by Crippen LogP contribution is 2.13. The summed E-state index contributed by atoms with van der Waals surface area (Å²) < 4.78 is 0. The first-order valence-corrected chi connectivity index (χ1v) is 6.19. The summed E-state index contributed by atoms with van der Waals surface area (Å²) in [6.07, 6.45) is 6.62. The maximum Gasteiger partial charge on any atom is 0.152 e. The van der Waals surface area contributed by atoms with Gasteiger partial charge in [-0.2, -0.15) is 0 Å². The van der Waals surface area contributed by atoms with Crippen LogP contribution in [-0.4, -0.2) is 5.78 Å². The maximum atomic E-state index is 10.8. The molecular formula is C16H21NO. The molecule has 0 saturated heterocycles. The third-order valence-electron chi connectivity index (χ3n) is 2.67. The highest BCUT2D eigenvalue weighted by molar-refractivity contribution is 5.87. The SMILES string of the molecule is CC(=O)/C=C/C(C)=C/C(C)Cc1ccc(N)cc1. The Bertz CT molecular complexity index is 454. The predicted molar refractivity (Wildman–Crippen MR) is 77.3 cm³/mol. The topological polar surface area (TPSA) is 43.1 Å². The number of hydrogen-bond acceptors (Lipinski definition) is 2. The van der Waals surface area contributed by atoms with Crippen molar-refractivity contribution in [1.29, 1.82) is 0 Å². The highest BCUT2D eigenvalue weighted by Gasteiger charge is 2.00. The van der Waals surface area contributed by atoms with Crippen LogP contribution in [0.2, 0.25) is 0 Å². The number of rotatable bonds is 5. The normalized spacial score (nSPS) is 13.8. The van der Waals surface area contributed by atoms with Crippen molar-refractivity contribution in [2.24, 2.45) is 5.92 Å². The number of ketones is 1. The molecule has 2 N–H and O–H groups in total. The minimum absolute atomic E-state index is 0.0777. The number of benzene rings is 1. The van der Waals surface area contributed by atoms with Crippen LogP contribution in [0.3, 0.4) is 0 Å². The van der Waals surface area contributed by atoms with E-state index in [-0.39, 0.29) is 5.78 Å². The van der Waals surface area contributed by atoms with Gasteiger partial charge >= 0.3 is 0 Å². The van der Waals surface area contributed by atoms with Crippen molar-refractivity contribution < 1.29 is 4.79 Å². The molecule has 1 aromatic carbocycles. The number of carbonyl (C=O) groups is 1. The van der Waals surface area contributed by atoms with E-state index < -0.39 is 0 Å². The number of allylic oxidation sites excluding steroid dienone is 4. The summed E-state index contributed by atoms with van der Waals surface area (Å²) in [6.45, 7) is 5.74. The van der Waals surface area contributed by atoms with E-state index >= 15 is 0 Å². The first kappa shape index (κ1) is 14.2. The van der Waals surface area contributed by atoms with E-state index in [1.807, 2.05) is 25.1 Å². The first-order chi connectivity index (χ1) is 8.47. The van der Waals surface area contributed by atoms with Crippen molar-refractivity contribution >= 4 is 11.5 Å². The molecule has 18 heavy (non-hydrogen) atoms. The van der Waals surface area contributed by atoms with Gasteiger partial charge in [0.15, 0.2) is 5.78 Å². The standard InChI is InChI=1S/C16H21NO/c1-12(4-5-14(3)18)10-13(2)11-15-6-8-16(17)9-7-15/h4-10,13H,11,17H2,1-3H3/b5-4+,12-10+. The van der Waals surface area contributed by atoms with E-state index in [0.717, 1.165) is 17.7 Å². The van der Waals surface area contributed by atoms with Crippen molar-refractivity contribution in [3.63, 3.8) is 0 Å². The summed E-state index contributed by atoms with van der Waals surface area (Å²) in [7, 11) is 0. The van der Waals surface area contributed by atoms with E-state index in [2.05, 4.69) is 25.1 Å². The van der Waals surface area contributed by atoms with Crippen LogP contribution >= 0.6 is 0 Å². The summed E-state index contributed by atoms with van der Waals surface area (Å²) in [5.41, 5.74) is 8.84. The number of nitrogens with two attached hydrogens (primary N) is 1. The van der Waals surface area contributed by atoms with Crippen LogP contribution in [0.5, 0.6) is 0 Å². The lowest BCUT2D eigenvalue weighted by Crippen LogP contribution is -1.97. The molecule has 0 heterocycles. The van der Waals surface area contributed by atoms with Gasteiger partial charge in [-0.3, -0.25) is 4.79 Å². The second-order valence-corrected chi connectivity index (χ2v) is 4.78. The van der Waals surface area contributed by atoms with Crippen molar-refractivity contribution in [2.75, 3.05) is 5.73 Å². The molecule has 1 aromatic rings. The van der Waals surface area contributed by atoms with Gasteiger partial charge in [-0.05, 0) is 50.0 Å². The number of nitrogen functional groups attached to an aromatic ring is 1. The second-order valence-electron chi connectivity index (χ2n) is 4.78. The molecule has 2 heteroatoms. The van der Waals surface area contributed by atoms with Gasteiger partial charge in [-0.1, -0.05) is 36.8 Å². The molecule has 96 valence electrons. The summed E-state index contributed by atoms with van der Waals surface area (Å²) >= 11 is 0. The third kappa shape index (κ3) is 5.48. The number of hydrogen-bond donors (Lipinski definition) is 1. The molecule has 1 rings (SSSR count). The van der Waals surface area contributed by atoms with Crippen LogP contribution in [0.15, 0.2) is 48.1 Å². The number of anilines is 1. The zero-order valence-corrected chi connectivity index (χ0v) is 11.3. The Labute approximate surface area is 109 Å². The van der Waals surface area contributed by atoms with E-state index in [9.17, 15) is 4.79 Å². The Morgan fingerprint density at radius 2 is 1.83 bits per heavy atom.